The zero-order valence-electron chi connectivity index (χ0n) is 13.8. The Labute approximate surface area is 144 Å². The molecule has 0 radical (unpaired) electrons. The molecular formula is C18H18N2O5. The predicted octanol–water partition coefficient (Wildman–Crippen LogP) is 3.03. The smallest absolute Gasteiger partial charge is 0.270 e. The van der Waals surface area contributed by atoms with Crippen molar-refractivity contribution in [2.24, 2.45) is 0 Å². The Balaban J connectivity index is 1.79. The summed E-state index contributed by atoms with van der Waals surface area (Å²) in [4.78, 5) is 24.7. The van der Waals surface area contributed by atoms with Gasteiger partial charge in [0, 0.05) is 30.8 Å². The highest BCUT2D eigenvalue weighted by atomic mass is 16.6. The van der Waals surface area contributed by atoms with Crippen molar-refractivity contribution < 1.29 is 19.2 Å². The molecule has 3 rings (SSSR count). The van der Waals surface area contributed by atoms with E-state index in [0.29, 0.717) is 43.4 Å². The third-order valence-electron chi connectivity index (χ3n) is 3.95. The van der Waals surface area contributed by atoms with Crippen LogP contribution in [0.4, 0.5) is 5.69 Å². The molecule has 130 valence electrons. The molecule has 1 aliphatic heterocycles. The highest BCUT2D eigenvalue weighted by molar-refractivity contribution is 5.94. The number of carbonyl (C=O) groups excluding carboxylic acids is 1. The van der Waals surface area contributed by atoms with Crippen molar-refractivity contribution in [3.63, 3.8) is 0 Å². The fraction of sp³-hybridized carbons (Fsp3) is 0.278. The van der Waals surface area contributed by atoms with Gasteiger partial charge in [-0.2, -0.15) is 0 Å². The number of benzene rings is 2. The zero-order chi connectivity index (χ0) is 17.8. The maximum atomic E-state index is 12.7. The van der Waals surface area contributed by atoms with Gasteiger partial charge in [-0.1, -0.05) is 12.1 Å². The standard InChI is InChI=1S/C18H18N2O5/c1-2-19(18(21)14-4-3-5-15(11-14)20(22)23)12-13-6-7-16-17(10-13)25-9-8-24-16/h3-7,10-11H,2,8-9,12H2,1H3. The molecule has 2 aromatic carbocycles. The van der Waals surface area contributed by atoms with E-state index >= 15 is 0 Å². The summed E-state index contributed by atoms with van der Waals surface area (Å²) < 4.78 is 11.1. The molecular weight excluding hydrogens is 324 g/mol. The van der Waals surface area contributed by atoms with Crippen LogP contribution in [-0.2, 0) is 6.54 Å². The summed E-state index contributed by atoms with van der Waals surface area (Å²) in [6.45, 7) is 3.76. The highest BCUT2D eigenvalue weighted by Gasteiger charge is 2.19. The number of non-ortho nitro benzene ring substituents is 1. The molecule has 0 unspecified atom stereocenters. The van der Waals surface area contributed by atoms with Crippen LogP contribution in [0.2, 0.25) is 0 Å². The van der Waals surface area contributed by atoms with Crippen LogP contribution in [0, 0.1) is 10.1 Å². The van der Waals surface area contributed by atoms with Crippen molar-refractivity contribution in [2.75, 3.05) is 19.8 Å². The van der Waals surface area contributed by atoms with Crippen LogP contribution in [-0.4, -0.2) is 35.5 Å². The minimum absolute atomic E-state index is 0.0961. The number of nitro benzene ring substituents is 1. The van der Waals surface area contributed by atoms with Gasteiger partial charge in [0.1, 0.15) is 13.2 Å². The third kappa shape index (κ3) is 3.71. The minimum Gasteiger partial charge on any atom is -0.486 e. The molecule has 0 saturated carbocycles. The number of fused-ring (bicyclic) bond motifs is 1. The molecule has 0 atom stereocenters. The fourth-order valence-electron chi connectivity index (χ4n) is 2.67. The molecule has 0 fully saturated rings. The Morgan fingerprint density at radius 1 is 1.16 bits per heavy atom. The van der Waals surface area contributed by atoms with Crippen LogP contribution < -0.4 is 9.47 Å². The summed E-state index contributed by atoms with van der Waals surface area (Å²) in [5, 5.41) is 10.9. The van der Waals surface area contributed by atoms with Crippen LogP contribution in [0.5, 0.6) is 11.5 Å². The molecule has 0 bridgehead atoms. The van der Waals surface area contributed by atoms with E-state index in [9.17, 15) is 14.9 Å². The average Bonchev–Trinajstić information content (AvgIpc) is 2.65. The van der Waals surface area contributed by atoms with Crippen molar-refractivity contribution in [3.05, 3.63) is 63.7 Å². The summed E-state index contributed by atoms with van der Waals surface area (Å²) in [6.07, 6.45) is 0. The average molecular weight is 342 g/mol. The fourth-order valence-corrected chi connectivity index (χ4v) is 2.67. The summed E-state index contributed by atoms with van der Waals surface area (Å²) in [7, 11) is 0. The van der Waals surface area contributed by atoms with Gasteiger partial charge >= 0.3 is 0 Å². The maximum absolute atomic E-state index is 12.7. The van der Waals surface area contributed by atoms with Gasteiger partial charge in [-0.05, 0) is 30.7 Å². The summed E-state index contributed by atoms with van der Waals surface area (Å²) in [5.41, 5.74) is 1.11. The van der Waals surface area contributed by atoms with Crippen molar-refractivity contribution >= 4 is 11.6 Å². The molecule has 0 aromatic heterocycles. The van der Waals surface area contributed by atoms with Gasteiger partial charge in [-0.3, -0.25) is 14.9 Å². The number of hydrogen-bond acceptors (Lipinski definition) is 5. The van der Waals surface area contributed by atoms with Gasteiger partial charge in [0.05, 0.1) is 4.92 Å². The lowest BCUT2D eigenvalue weighted by Crippen LogP contribution is -2.30. The second kappa shape index (κ2) is 7.21. The number of nitrogens with zero attached hydrogens (tertiary/aromatic N) is 2. The first-order valence-electron chi connectivity index (χ1n) is 8.00. The number of carbonyl (C=O) groups is 1. The van der Waals surface area contributed by atoms with Gasteiger partial charge in [-0.25, -0.2) is 0 Å². The lowest BCUT2D eigenvalue weighted by molar-refractivity contribution is -0.384. The Morgan fingerprint density at radius 2 is 1.92 bits per heavy atom. The molecule has 1 aliphatic rings. The number of amides is 1. The van der Waals surface area contributed by atoms with Crippen molar-refractivity contribution in [2.45, 2.75) is 13.5 Å². The molecule has 1 heterocycles. The molecule has 25 heavy (non-hydrogen) atoms. The van der Waals surface area contributed by atoms with E-state index in [4.69, 9.17) is 9.47 Å². The number of hydrogen-bond donors (Lipinski definition) is 0. The first kappa shape index (κ1) is 16.8. The first-order chi connectivity index (χ1) is 12.1. The van der Waals surface area contributed by atoms with Crippen molar-refractivity contribution in [1.29, 1.82) is 0 Å². The molecule has 7 heteroatoms. The molecule has 7 nitrogen and oxygen atoms in total. The Bertz CT molecular complexity index is 806. The Morgan fingerprint density at radius 3 is 2.64 bits per heavy atom. The summed E-state index contributed by atoms with van der Waals surface area (Å²) in [5.74, 6) is 1.12. The monoisotopic (exact) mass is 342 g/mol. The largest absolute Gasteiger partial charge is 0.486 e. The first-order valence-corrected chi connectivity index (χ1v) is 8.00. The number of nitro groups is 1. The molecule has 2 aromatic rings. The van der Waals surface area contributed by atoms with Crippen molar-refractivity contribution in [3.8, 4) is 11.5 Å². The van der Waals surface area contributed by atoms with Gasteiger partial charge in [-0.15, -0.1) is 0 Å². The summed E-state index contributed by atoms with van der Waals surface area (Å²) >= 11 is 0. The van der Waals surface area contributed by atoms with Crippen LogP contribution in [0.1, 0.15) is 22.8 Å². The second-order valence-electron chi connectivity index (χ2n) is 5.60. The molecule has 0 saturated heterocycles. The normalized spacial score (nSPS) is 12.5. The SMILES string of the molecule is CCN(Cc1ccc2c(c1)OCCO2)C(=O)c1cccc([N+](=O)[O-])c1. The van der Waals surface area contributed by atoms with Crippen LogP contribution in [0.15, 0.2) is 42.5 Å². The van der Waals surface area contributed by atoms with E-state index in [1.54, 1.807) is 11.0 Å². The summed E-state index contributed by atoms with van der Waals surface area (Å²) in [6, 6.07) is 11.3. The van der Waals surface area contributed by atoms with Crippen LogP contribution in [0.3, 0.4) is 0 Å². The third-order valence-corrected chi connectivity index (χ3v) is 3.95. The molecule has 0 aliphatic carbocycles. The van der Waals surface area contributed by atoms with E-state index in [1.807, 2.05) is 25.1 Å². The molecule has 0 spiro atoms. The van der Waals surface area contributed by atoms with Crippen LogP contribution in [0.25, 0.3) is 0 Å². The van der Waals surface area contributed by atoms with E-state index in [0.717, 1.165) is 5.56 Å². The molecule has 0 N–H and O–H groups in total. The lowest BCUT2D eigenvalue weighted by atomic mass is 10.1. The maximum Gasteiger partial charge on any atom is 0.270 e. The van der Waals surface area contributed by atoms with E-state index in [2.05, 4.69) is 0 Å². The van der Waals surface area contributed by atoms with Gasteiger partial charge < -0.3 is 14.4 Å². The topological polar surface area (TPSA) is 81.9 Å². The number of ether oxygens (including phenoxy) is 2. The Hall–Kier alpha value is -3.09. The van der Waals surface area contributed by atoms with E-state index < -0.39 is 4.92 Å². The van der Waals surface area contributed by atoms with Crippen molar-refractivity contribution in [1.82, 2.24) is 4.90 Å². The van der Waals surface area contributed by atoms with Gasteiger partial charge in [0.2, 0.25) is 0 Å². The number of rotatable bonds is 5. The molecule has 1 amide bonds. The lowest BCUT2D eigenvalue weighted by Gasteiger charge is -2.23. The van der Waals surface area contributed by atoms with E-state index in [-0.39, 0.29) is 11.6 Å². The quantitative estimate of drug-likeness (QED) is 0.616. The second-order valence-corrected chi connectivity index (χ2v) is 5.60. The minimum atomic E-state index is -0.506. The Kier molecular flexibility index (Phi) is 4.83. The van der Waals surface area contributed by atoms with E-state index in [1.165, 1.54) is 18.2 Å². The highest BCUT2D eigenvalue weighted by Crippen LogP contribution is 2.31. The van der Waals surface area contributed by atoms with Crippen LogP contribution >= 0.6 is 0 Å². The predicted molar refractivity (Wildman–Crippen MR) is 90.9 cm³/mol. The van der Waals surface area contributed by atoms with Gasteiger partial charge in [0.25, 0.3) is 11.6 Å². The zero-order valence-corrected chi connectivity index (χ0v) is 13.8. The van der Waals surface area contributed by atoms with Gasteiger partial charge in [0.15, 0.2) is 11.5 Å².